The predicted octanol–water partition coefficient (Wildman–Crippen LogP) is -0.242. The number of nitrogens with zero attached hydrogens (tertiary/aromatic N) is 2. The molecule has 0 bridgehead atoms. The number of carbonyl (C=O) groups is 1. The van der Waals surface area contributed by atoms with E-state index in [1.807, 2.05) is 4.90 Å². The molecule has 2 aliphatic rings. The lowest BCUT2D eigenvalue weighted by Crippen LogP contribution is -2.53. The first kappa shape index (κ1) is 10.9. The maximum absolute atomic E-state index is 11.2. The van der Waals surface area contributed by atoms with Crippen molar-refractivity contribution >= 4 is 5.91 Å². The topological polar surface area (TPSA) is 35.6 Å². The summed E-state index contributed by atoms with van der Waals surface area (Å²) in [5, 5.41) is 3.43. The van der Waals surface area contributed by atoms with Gasteiger partial charge in [-0.05, 0) is 12.5 Å². The van der Waals surface area contributed by atoms with Crippen LogP contribution in [0.3, 0.4) is 0 Å². The van der Waals surface area contributed by atoms with Crippen molar-refractivity contribution in [1.29, 1.82) is 0 Å². The summed E-state index contributed by atoms with van der Waals surface area (Å²) < 4.78 is 0. The summed E-state index contributed by atoms with van der Waals surface area (Å²) in [7, 11) is 0. The molecular weight excluding hydrogens is 190 g/mol. The molecule has 0 saturated carbocycles. The van der Waals surface area contributed by atoms with Crippen LogP contribution in [0.25, 0.3) is 0 Å². The molecule has 2 saturated heterocycles. The monoisotopic (exact) mass is 211 g/mol. The van der Waals surface area contributed by atoms with Crippen LogP contribution in [0.4, 0.5) is 0 Å². The Morgan fingerprint density at radius 2 is 1.87 bits per heavy atom. The van der Waals surface area contributed by atoms with Crippen molar-refractivity contribution in [3.8, 4) is 0 Å². The van der Waals surface area contributed by atoms with Crippen molar-refractivity contribution < 1.29 is 4.79 Å². The van der Waals surface area contributed by atoms with Gasteiger partial charge in [0.25, 0.3) is 0 Å². The first-order chi connectivity index (χ1) is 7.18. The third-order valence-electron chi connectivity index (χ3n) is 3.71. The molecular formula is C11H21N3O. The average Bonchev–Trinajstić information content (AvgIpc) is 2.65. The van der Waals surface area contributed by atoms with E-state index in [9.17, 15) is 4.79 Å². The Morgan fingerprint density at radius 3 is 2.33 bits per heavy atom. The lowest BCUT2D eigenvalue weighted by Gasteiger charge is -2.38. The molecule has 4 nitrogen and oxygen atoms in total. The van der Waals surface area contributed by atoms with Gasteiger partial charge >= 0.3 is 0 Å². The molecule has 0 unspecified atom stereocenters. The van der Waals surface area contributed by atoms with Crippen molar-refractivity contribution in [2.45, 2.75) is 19.9 Å². The molecule has 2 atom stereocenters. The summed E-state index contributed by atoms with van der Waals surface area (Å²) in [6.07, 6.45) is 0. The molecule has 2 fully saturated rings. The van der Waals surface area contributed by atoms with Crippen LogP contribution in [0, 0.1) is 5.92 Å². The molecule has 15 heavy (non-hydrogen) atoms. The lowest BCUT2D eigenvalue weighted by atomic mass is 10.0. The number of piperazine rings is 1. The maximum atomic E-state index is 11.2. The number of hydrogen-bond donors (Lipinski definition) is 1. The van der Waals surface area contributed by atoms with Gasteiger partial charge in [-0.2, -0.15) is 0 Å². The lowest BCUT2D eigenvalue weighted by molar-refractivity contribution is -0.130. The van der Waals surface area contributed by atoms with Crippen molar-refractivity contribution in [3.63, 3.8) is 0 Å². The predicted molar refractivity (Wildman–Crippen MR) is 59.6 cm³/mol. The van der Waals surface area contributed by atoms with Crippen molar-refractivity contribution in [2.75, 3.05) is 39.3 Å². The summed E-state index contributed by atoms with van der Waals surface area (Å²) in [6, 6.07) is 0.680. The van der Waals surface area contributed by atoms with Gasteiger partial charge in [0.1, 0.15) is 0 Å². The second-order valence-corrected chi connectivity index (χ2v) is 4.74. The van der Waals surface area contributed by atoms with E-state index in [2.05, 4.69) is 17.1 Å². The fourth-order valence-corrected chi connectivity index (χ4v) is 2.65. The molecule has 2 aliphatic heterocycles. The van der Waals surface area contributed by atoms with E-state index in [4.69, 9.17) is 0 Å². The number of carbonyl (C=O) groups excluding carboxylic acids is 1. The summed E-state index contributed by atoms with van der Waals surface area (Å²) in [5.41, 5.74) is 0. The number of hydrogen-bond acceptors (Lipinski definition) is 3. The van der Waals surface area contributed by atoms with Crippen molar-refractivity contribution in [2.24, 2.45) is 5.92 Å². The van der Waals surface area contributed by atoms with E-state index < -0.39 is 0 Å². The fourth-order valence-electron chi connectivity index (χ4n) is 2.65. The van der Waals surface area contributed by atoms with Crippen LogP contribution in [-0.4, -0.2) is 61.0 Å². The average molecular weight is 211 g/mol. The van der Waals surface area contributed by atoms with Crippen LogP contribution in [0.5, 0.6) is 0 Å². The minimum absolute atomic E-state index is 0.215. The largest absolute Gasteiger partial charge is 0.340 e. The normalized spacial score (nSPS) is 33.3. The molecule has 0 aliphatic carbocycles. The number of rotatable bonds is 1. The van der Waals surface area contributed by atoms with Gasteiger partial charge in [-0.25, -0.2) is 0 Å². The van der Waals surface area contributed by atoms with Gasteiger partial charge in [-0.3, -0.25) is 9.69 Å². The molecule has 4 heteroatoms. The molecule has 86 valence electrons. The van der Waals surface area contributed by atoms with Gasteiger partial charge < -0.3 is 10.2 Å². The molecule has 0 spiro atoms. The number of amides is 1. The van der Waals surface area contributed by atoms with E-state index in [-0.39, 0.29) is 5.91 Å². The van der Waals surface area contributed by atoms with Gasteiger partial charge in [0.2, 0.25) is 5.91 Å². The van der Waals surface area contributed by atoms with Crippen LogP contribution in [0.2, 0.25) is 0 Å². The van der Waals surface area contributed by atoms with Gasteiger partial charge in [0.05, 0.1) is 0 Å². The smallest absolute Gasteiger partial charge is 0.219 e. The Balaban J connectivity index is 1.85. The summed E-state index contributed by atoms with van der Waals surface area (Å²) in [5.74, 6) is 0.959. The van der Waals surface area contributed by atoms with E-state index in [1.165, 1.54) is 0 Å². The Kier molecular flexibility index (Phi) is 3.26. The minimum atomic E-state index is 0.215. The van der Waals surface area contributed by atoms with Gasteiger partial charge in [-0.15, -0.1) is 0 Å². The van der Waals surface area contributed by atoms with Crippen LogP contribution in [0.15, 0.2) is 0 Å². The molecule has 0 aromatic heterocycles. The third-order valence-corrected chi connectivity index (χ3v) is 3.71. The van der Waals surface area contributed by atoms with Crippen molar-refractivity contribution in [1.82, 2.24) is 15.1 Å². The zero-order valence-electron chi connectivity index (χ0n) is 9.70. The quantitative estimate of drug-likeness (QED) is 0.650. The van der Waals surface area contributed by atoms with Crippen LogP contribution >= 0.6 is 0 Å². The zero-order chi connectivity index (χ0) is 10.8. The Bertz CT molecular complexity index is 236. The van der Waals surface area contributed by atoms with Crippen LogP contribution in [0.1, 0.15) is 13.8 Å². The molecule has 0 aromatic carbocycles. The number of nitrogens with one attached hydrogen (secondary N) is 1. The summed E-state index contributed by atoms with van der Waals surface area (Å²) in [4.78, 5) is 15.7. The molecule has 1 N–H and O–H groups in total. The Labute approximate surface area is 91.6 Å². The van der Waals surface area contributed by atoms with Crippen LogP contribution in [-0.2, 0) is 4.79 Å². The second kappa shape index (κ2) is 4.49. The molecule has 0 aromatic rings. The molecule has 0 radical (unpaired) electrons. The highest BCUT2D eigenvalue weighted by Gasteiger charge is 2.31. The standard InChI is InChI=1S/C11H21N3O/c1-9-7-12-8-11(9)14-5-3-13(4-6-14)10(2)15/h9,11-12H,3-8H2,1-2H3/t9-,11-/m0/s1. The highest BCUT2D eigenvalue weighted by molar-refractivity contribution is 5.73. The van der Waals surface area contributed by atoms with Gasteiger partial charge in [-0.1, -0.05) is 6.92 Å². The van der Waals surface area contributed by atoms with E-state index in [0.29, 0.717) is 6.04 Å². The first-order valence-corrected chi connectivity index (χ1v) is 5.89. The van der Waals surface area contributed by atoms with Gasteiger partial charge in [0, 0.05) is 45.7 Å². The van der Waals surface area contributed by atoms with E-state index >= 15 is 0 Å². The highest BCUT2D eigenvalue weighted by atomic mass is 16.2. The van der Waals surface area contributed by atoms with E-state index in [1.54, 1.807) is 6.92 Å². The van der Waals surface area contributed by atoms with Crippen LogP contribution < -0.4 is 5.32 Å². The Hall–Kier alpha value is -0.610. The van der Waals surface area contributed by atoms with E-state index in [0.717, 1.165) is 45.2 Å². The van der Waals surface area contributed by atoms with Gasteiger partial charge in [0.15, 0.2) is 0 Å². The summed E-state index contributed by atoms with van der Waals surface area (Å²) >= 11 is 0. The minimum Gasteiger partial charge on any atom is -0.340 e. The first-order valence-electron chi connectivity index (χ1n) is 5.89. The maximum Gasteiger partial charge on any atom is 0.219 e. The SMILES string of the molecule is CC(=O)N1CCN([C@H]2CNC[C@@H]2C)CC1. The third kappa shape index (κ3) is 2.32. The second-order valence-electron chi connectivity index (χ2n) is 4.74. The highest BCUT2D eigenvalue weighted by Crippen LogP contribution is 2.17. The molecule has 2 heterocycles. The zero-order valence-corrected chi connectivity index (χ0v) is 9.70. The van der Waals surface area contributed by atoms with Crippen molar-refractivity contribution in [3.05, 3.63) is 0 Å². The Morgan fingerprint density at radius 1 is 1.20 bits per heavy atom. The molecule has 1 amide bonds. The molecule has 2 rings (SSSR count). The fraction of sp³-hybridized carbons (Fsp3) is 0.909. The summed E-state index contributed by atoms with van der Waals surface area (Å²) in [6.45, 7) is 10.1.